The normalized spacial score (nSPS) is 10.2. The summed E-state index contributed by atoms with van der Waals surface area (Å²) in [5.41, 5.74) is 0.846. The summed E-state index contributed by atoms with van der Waals surface area (Å²) in [6.07, 6.45) is 1.40. The number of carbonyl (C=O) groups is 1. The molecule has 0 aliphatic carbocycles. The quantitative estimate of drug-likeness (QED) is 0.857. The van der Waals surface area contributed by atoms with E-state index in [1.165, 1.54) is 23.0 Å². The molecular weight excluding hydrogens is 268 g/mol. The third-order valence-corrected chi connectivity index (χ3v) is 3.26. The van der Waals surface area contributed by atoms with Crippen molar-refractivity contribution >= 4 is 23.1 Å². The molecule has 0 atom stereocenters. The Bertz CT molecular complexity index is 599. The molecule has 2 heterocycles. The van der Waals surface area contributed by atoms with Crippen molar-refractivity contribution in [1.82, 2.24) is 15.0 Å². The number of nitrogens with one attached hydrogen (secondary N) is 1. The first-order chi connectivity index (χ1) is 9.11. The van der Waals surface area contributed by atoms with E-state index in [2.05, 4.69) is 20.3 Å². The lowest BCUT2D eigenvalue weighted by Gasteiger charge is -2.08. The van der Waals surface area contributed by atoms with Gasteiger partial charge in [0.05, 0.1) is 19.2 Å². The molecule has 2 N–H and O–H groups in total. The van der Waals surface area contributed by atoms with Crippen molar-refractivity contribution in [3.8, 4) is 5.88 Å². The van der Waals surface area contributed by atoms with Crippen LogP contribution >= 0.6 is 11.3 Å². The summed E-state index contributed by atoms with van der Waals surface area (Å²) < 4.78 is 5.09. The fourth-order valence-corrected chi connectivity index (χ4v) is 2.18. The van der Waals surface area contributed by atoms with Crippen molar-refractivity contribution in [3.63, 3.8) is 0 Å². The van der Waals surface area contributed by atoms with Crippen LogP contribution in [0.3, 0.4) is 0 Å². The van der Waals surface area contributed by atoms with Crippen LogP contribution in [0.4, 0.5) is 5.82 Å². The van der Waals surface area contributed by atoms with Crippen molar-refractivity contribution in [2.45, 2.75) is 13.5 Å². The maximum absolute atomic E-state index is 10.7. The van der Waals surface area contributed by atoms with Gasteiger partial charge in [-0.2, -0.15) is 0 Å². The van der Waals surface area contributed by atoms with Crippen LogP contribution in [0, 0.1) is 6.92 Å². The van der Waals surface area contributed by atoms with Crippen LogP contribution in [0.5, 0.6) is 5.88 Å². The van der Waals surface area contributed by atoms with Gasteiger partial charge in [0.15, 0.2) is 5.69 Å². The molecule has 0 radical (unpaired) electrons. The molecule has 8 heteroatoms. The molecule has 0 saturated heterocycles. The molecule has 0 saturated carbocycles. The number of hydrogen-bond acceptors (Lipinski definition) is 7. The Labute approximate surface area is 113 Å². The second-order valence-corrected chi connectivity index (χ2v) is 4.58. The van der Waals surface area contributed by atoms with E-state index in [-0.39, 0.29) is 5.69 Å². The minimum Gasteiger partial charge on any atom is -0.481 e. The molecular formula is C11H12N4O3S. The average molecular weight is 280 g/mol. The molecule has 0 fully saturated rings. The Balaban J connectivity index is 2.08. The molecule has 0 aromatic carbocycles. The standard InChI is InChI=1S/C11H12N4O3S/c1-6-9(13-5-14-10(6)18-2)12-3-8-15-7(4-19-8)11(16)17/h4-5H,3H2,1-2H3,(H,16,17)(H,12,13,14). The Kier molecular flexibility index (Phi) is 3.91. The predicted molar refractivity (Wildman–Crippen MR) is 69.7 cm³/mol. The van der Waals surface area contributed by atoms with Gasteiger partial charge < -0.3 is 15.2 Å². The second kappa shape index (κ2) is 5.61. The Hall–Kier alpha value is -2.22. The molecule has 100 valence electrons. The largest absolute Gasteiger partial charge is 0.481 e. The van der Waals surface area contributed by atoms with Crippen LogP contribution < -0.4 is 10.1 Å². The molecule has 19 heavy (non-hydrogen) atoms. The molecule has 2 rings (SSSR count). The highest BCUT2D eigenvalue weighted by atomic mass is 32.1. The monoisotopic (exact) mass is 280 g/mol. The Morgan fingerprint density at radius 2 is 2.32 bits per heavy atom. The molecule has 0 aliphatic rings. The molecule has 0 aliphatic heterocycles. The number of anilines is 1. The molecule has 7 nitrogen and oxygen atoms in total. The van der Waals surface area contributed by atoms with Gasteiger partial charge in [-0.25, -0.2) is 19.7 Å². The van der Waals surface area contributed by atoms with E-state index in [0.717, 1.165) is 5.56 Å². The maximum atomic E-state index is 10.7. The highest BCUT2D eigenvalue weighted by Gasteiger charge is 2.10. The fraction of sp³-hybridized carbons (Fsp3) is 0.273. The van der Waals surface area contributed by atoms with Gasteiger partial charge in [-0.1, -0.05) is 0 Å². The fourth-order valence-electron chi connectivity index (χ4n) is 1.47. The molecule has 0 amide bonds. The lowest BCUT2D eigenvalue weighted by atomic mass is 10.3. The topological polar surface area (TPSA) is 97.2 Å². The lowest BCUT2D eigenvalue weighted by Crippen LogP contribution is -2.05. The van der Waals surface area contributed by atoms with E-state index in [9.17, 15) is 4.79 Å². The van der Waals surface area contributed by atoms with Gasteiger partial charge in [0.1, 0.15) is 17.2 Å². The number of nitrogens with zero attached hydrogens (tertiary/aromatic N) is 3. The summed E-state index contributed by atoms with van der Waals surface area (Å²) in [7, 11) is 1.54. The summed E-state index contributed by atoms with van der Waals surface area (Å²) in [6.45, 7) is 2.24. The number of rotatable bonds is 5. The third kappa shape index (κ3) is 2.97. The molecule has 0 bridgehead atoms. The van der Waals surface area contributed by atoms with Gasteiger partial charge in [-0.15, -0.1) is 11.3 Å². The number of methoxy groups -OCH3 is 1. The van der Waals surface area contributed by atoms with Gasteiger partial charge in [0.2, 0.25) is 5.88 Å². The van der Waals surface area contributed by atoms with Crippen molar-refractivity contribution < 1.29 is 14.6 Å². The second-order valence-electron chi connectivity index (χ2n) is 3.64. The smallest absolute Gasteiger partial charge is 0.355 e. The summed E-state index contributed by atoms with van der Waals surface area (Å²) in [6, 6.07) is 0. The van der Waals surface area contributed by atoms with Gasteiger partial charge in [0, 0.05) is 5.38 Å². The van der Waals surface area contributed by atoms with E-state index in [4.69, 9.17) is 9.84 Å². The minimum atomic E-state index is -1.03. The van der Waals surface area contributed by atoms with Gasteiger partial charge in [-0.3, -0.25) is 0 Å². The minimum absolute atomic E-state index is 0.0544. The van der Waals surface area contributed by atoms with Crippen LogP contribution in [0.1, 0.15) is 21.1 Å². The zero-order valence-electron chi connectivity index (χ0n) is 10.4. The first-order valence-corrected chi connectivity index (χ1v) is 6.27. The molecule has 0 spiro atoms. The molecule has 2 aromatic heterocycles. The van der Waals surface area contributed by atoms with E-state index < -0.39 is 5.97 Å². The van der Waals surface area contributed by atoms with Crippen molar-refractivity contribution in [1.29, 1.82) is 0 Å². The Morgan fingerprint density at radius 3 is 2.95 bits per heavy atom. The van der Waals surface area contributed by atoms with Gasteiger partial charge in [0.25, 0.3) is 0 Å². The van der Waals surface area contributed by atoms with Crippen molar-refractivity contribution in [2.75, 3.05) is 12.4 Å². The number of aromatic nitrogens is 3. The number of thiazole rings is 1. The van der Waals surface area contributed by atoms with Crippen molar-refractivity contribution in [3.05, 3.63) is 28.0 Å². The summed E-state index contributed by atoms with van der Waals surface area (Å²) in [5.74, 6) is 0.115. The molecule has 0 unspecified atom stereocenters. The number of hydrogen-bond donors (Lipinski definition) is 2. The summed E-state index contributed by atoms with van der Waals surface area (Å²) >= 11 is 1.28. The van der Waals surface area contributed by atoms with Crippen LogP contribution in [0.15, 0.2) is 11.7 Å². The van der Waals surface area contributed by atoms with Crippen LogP contribution in [-0.4, -0.2) is 33.1 Å². The van der Waals surface area contributed by atoms with Gasteiger partial charge >= 0.3 is 5.97 Å². The van der Waals surface area contributed by atoms with Crippen molar-refractivity contribution in [2.24, 2.45) is 0 Å². The number of aromatic carboxylic acids is 1. The summed E-state index contributed by atoms with van der Waals surface area (Å²) in [5, 5.41) is 14.0. The third-order valence-electron chi connectivity index (χ3n) is 2.41. The van der Waals surface area contributed by atoms with Crippen LogP contribution in [0.25, 0.3) is 0 Å². The van der Waals surface area contributed by atoms with Gasteiger partial charge in [-0.05, 0) is 6.92 Å². The van der Waals surface area contributed by atoms with E-state index in [1.807, 2.05) is 6.92 Å². The number of carboxylic acids is 1. The number of ether oxygens (including phenoxy) is 1. The van der Waals surface area contributed by atoms with Crippen LogP contribution in [-0.2, 0) is 6.54 Å². The van der Waals surface area contributed by atoms with Crippen LogP contribution in [0.2, 0.25) is 0 Å². The lowest BCUT2D eigenvalue weighted by molar-refractivity contribution is 0.0691. The first kappa shape index (κ1) is 13.2. The van der Waals surface area contributed by atoms with E-state index >= 15 is 0 Å². The highest BCUT2D eigenvalue weighted by Crippen LogP contribution is 2.20. The first-order valence-electron chi connectivity index (χ1n) is 5.39. The average Bonchev–Trinajstić information content (AvgIpc) is 2.86. The number of carboxylic acid groups (broad SMARTS) is 1. The maximum Gasteiger partial charge on any atom is 0.355 e. The highest BCUT2D eigenvalue weighted by molar-refractivity contribution is 7.09. The SMILES string of the molecule is COc1ncnc(NCc2nc(C(=O)O)cs2)c1C. The predicted octanol–water partition coefficient (Wildman–Crippen LogP) is 1.56. The zero-order valence-corrected chi connectivity index (χ0v) is 11.2. The Morgan fingerprint density at radius 1 is 1.53 bits per heavy atom. The molecule has 2 aromatic rings. The van der Waals surface area contributed by atoms with E-state index in [1.54, 1.807) is 7.11 Å². The van der Waals surface area contributed by atoms with E-state index in [0.29, 0.717) is 23.3 Å². The summed E-state index contributed by atoms with van der Waals surface area (Å²) in [4.78, 5) is 22.8. The zero-order chi connectivity index (χ0) is 13.8.